The van der Waals surface area contributed by atoms with E-state index in [1.807, 2.05) is 18.2 Å². The Morgan fingerprint density at radius 2 is 1.70 bits per heavy atom. The van der Waals surface area contributed by atoms with Gasteiger partial charge in [0.05, 0.1) is 4.90 Å². The summed E-state index contributed by atoms with van der Waals surface area (Å²) >= 11 is 1.19. The van der Waals surface area contributed by atoms with E-state index in [0.717, 1.165) is 6.42 Å². The molecule has 172 valence electrons. The molecule has 11 heteroatoms. The Labute approximate surface area is 195 Å². The van der Waals surface area contributed by atoms with E-state index < -0.39 is 10.0 Å². The third-order valence-electron chi connectivity index (χ3n) is 5.21. The van der Waals surface area contributed by atoms with Gasteiger partial charge in [0.2, 0.25) is 20.9 Å². The van der Waals surface area contributed by atoms with Crippen LogP contribution < -0.4 is 10.6 Å². The zero-order chi connectivity index (χ0) is 23.4. The molecule has 0 radical (unpaired) electrons. The van der Waals surface area contributed by atoms with Crippen LogP contribution in [0, 0.1) is 0 Å². The van der Waals surface area contributed by atoms with Crippen molar-refractivity contribution in [3.8, 4) is 0 Å². The molecule has 1 saturated heterocycles. The molecule has 1 aliphatic heterocycles. The molecule has 1 aromatic heterocycles. The first kappa shape index (κ1) is 23.0. The number of anilines is 2. The monoisotopic (exact) mass is 485 g/mol. The van der Waals surface area contributed by atoms with Gasteiger partial charge in [-0.1, -0.05) is 29.5 Å². The highest BCUT2D eigenvalue weighted by molar-refractivity contribution is 7.89. The topological polar surface area (TPSA) is 121 Å². The van der Waals surface area contributed by atoms with Gasteiger partial charge in [-0.2, -0.15) is 4.31 Å². The number of piperidine rings is 1. The number of nitrogens with zero attached hydrogens (tertiary/aromatic N) is 3. The predicted octanol–water partition coefficient (Wildman–Crippen LogP) is 3.32. The maximum Gasteiger partial charge on any atom is 0.286 e. The van der Waals surface area contributed by atoms with Crippen molar-refractivity contribution in [3.63, 3.8) is 0 Å². The number of amides is 2. The molecule has 0 saturated carbocycles. The van der Waals surface area contributed by atoms with Crippen LogP contribution in [0.25, 0.3) is 0 Å². The van der Waals surface area contributed by atoms with Crippen LogP contribution in [-0.2, 0) is 14.8 Å². The van der Waals surface area contributed by atoms with Crippen molar-refractivity contribution in [2.45, 2.75) is 30.6 Å². The van der Waals surface area contributed by atoms with E-state index in [1.54, 1.807) is 24.3 Å². The van der Waals surface area contributed by atoms with Gasteiger partial charge in [-0.05, 0) is 49.2 Å². The molecule has 3 aromatic rings. The van der Waals surface area contributed by atoms with Crippen LogP contribution in [-0.4, -0.2) is 47.8 Å². The maximum atomic E-state index is 13.2. The Hall–Kier alpha value is -3.15. The number of hydrogen-bond donors (Lipinski definition) is 2. The second-order valence-corrected chi connectivity index (χ2v) is 10.6. The molecular weight excluding hydrogens is 462 g/mol. The molecule has 2 amide bonds. The highest BCUT2D eigenvalue weighted by Gasteiger charge is 2.32. The summed E-state index contributed by atoms with van der Waals surface area (Å²) in [5, 5.41) is 14.5. The largest absolute Gasteiger partial charge is 0.326 e. The summed E-state index contributed by atoms with van der Waals surface area (Å²) in [7, 11) is -3.70. The Balaban J connectivity index is 1.45. The van der Waals surface area contributed by atoms with E-state index in [-0.39, 0.29) is 34.2 Å². The lowest BCUT2D eigenvalue weighted by molar-refractivity contribution is -0.114. The lowest BCUT2D eigenvalue weighted by atomic mass is 10.0. The molecular formula is C22H23N5O4S2. The van der Waals surface area contributed by atoms with Crippen LogP contribution in [0.3, 0.4) is 0 Å². The van der Waals surface area contributed by atoms with E-state index in [2.05, 4.69) is 20.8 Å². The Kier molecular flexibility index (Phi) is 6.82. The van der Waals surface area contributed by atoms with Gasteiger partial charge in [-0.3, -0.25) is 9.59 Å². The fourth-order valence-corrected chi connectivity index (χ4v) is 6.01. The number of sulfonamides is 1. The van der Waals surface area contributed by atoms with Gasteiger partial charge in [0.15, 0.2) is 0 Å². The summed E-state index contributed by atoms with van der Waals surface area (Å²) in [5.41, 5.74) is 1.20. The molecule has 9 nitrogen and oxygen atoms in total. The smallest absolute Gasteiger partial charge is 0.286 e. The first-order valence-electron chi connectivity index (χ1n) is 10.4. The Morgan fingerprint density at radius 1 is 1.00 bits per heavy atom. The third-order valence-corrected chi connectivity index (χ3v) is 8.18. The van der Waals surface area contributed by atoms with Crippen molar-refractivity contribution in [3.05, 3.63) is 64.6 Å². The summed E-state index contributed by atoms with van der Waals surface area (Å²) in [6, 6.07) is 15.2. The number of carbonyl (C=O) groups is 2. The van der Waals surface area contributed by atoms with E-state index in [4.69, 9.17) is 0 Å². The van der Waals surface area contributed by atoms with Crippen LogP contribution in [0.15, 0.2) is 59.5 Å². The van der Waals surface area contributed by atoms with Crippen LogP contribution in [0.1, 0.15) is 40.5 Å². The number of hydrogen-bond acceptors (Lipinski definition) is 7. The molecule has 0 unspecified atom stereocenters. The normalized spacial score (nSPS) is 16.8. The van der Waals surface area contributed by atoms with Crippen LogP contribution in [0.4, 0.5) is 11.4 Å². The molecule has 0 aliphatic carbocycles. The highest BCUT2D eigenvalue weighted by atomic mass is 32.2. The summed E-state index contributed by atoms with van der Waals surface area (Å²) in [6.07, 6.45) is 1.45. The molecule has 1 aliphatic rings. The zero-order valence-electron chi connectivity index (χ0n) is 17.9. The zero-order valence-corrected chi connectivity index (χ0v) is 19.5. The number of nitrogens with one attached hydrogen (secondary N) is 2. The van der Waals surface area contributed by atoms with Gasteiger partial charge in [-0.15, -0.1) is 10.2 Å². The van der Waals surface area contributed by atoms with Crippen molar-refractivity contribution in [1.82, 2.24) is 14.5 Å². The number of aromatic nitrogens is 2. The van der Waals surface area contributed by atoms with Crippen molar-refractivity contribution < 1.29 is 18.0 Å². The fourth-order valence-electron chi connectivity index (χ4n) is 3.62. The van der Waals surface area contributed by atoms with E-state index in [9.17, 15) is 18.0 Å². The van der Waals surface area contributed by atoms with Crippen molar-refractivity contribution in [2.24, 2.45) is 0 Å². The summed E-state index contributed by atoms with van der Waals surface area (Å²) in [5.74, 6) is -0.703. The molecule has 2 heterocycles. The maximum absolute atomic E-state index is 13.2. The summed E-state index contributed by atoms with van der Waals surface area (Å²) < 4.78 is 27.8. The van der Waals surface area contributed by atoms with Crippen molar-refractivity contribution in [2.75, 3.05) is 23.7 Å². The van der Waals surface area contributed by atoms with Gasteiger partial charge in [0.25, 0.3) is 5.91 Å². The highest BCUT2D eigenvalue weighted by Crippen LogP contribution is 2.32. The summed E-state index contributed by atoms with van der Waals surface area (Å²) in [4.78, 5) is 23.8. The SMILES string of the molecule is CC(=O)Nc1ccc(S(=O)(=O)N2CCC[C@H](c3nnc(C(=O)Nc4ccccc4)s3)C2)cc1. The predicted molar refractivity (Wildman–Crippen MR) is 126 cm³/mol. The quantitative estimate of drug-likeness (QED) is 0.552. The number of para-hydroxylation sites is 1. The first-order valence-corrected chi connectivity index (χ1v) is 12.7. The van der Waals surface area contributed by atoms with Crippen LogP contribution in [0.2, 0.25) is 0 Å². The Bertz CT molecular complexity index is 1240. The summed E-state index contributed by atoms with van der Waals surface area (Å²) in [6.45, 7) is 2.07. The van der Waals surface area contributed by atoms with Gasteiger partial charge in [0, 0.05) is 37.3 Å². The Morgan fingerprint density at radius 3 is 2.39 bits per heavy atom. The fraction of sp³-hybridized carbons (Fsp3) is 0.273. The number of benzene rings is 2. The van der Waals surface area contributed by atoms with Crippen LogP contribution >= 0.6 is 11.3 Å². The number of rotatable bonds is 6. The van der Waals surface area contributed by atoms with Gasteiger partial charge in [-0.25, -0.2) is 8.42 Å². The van der Waals surface area contributed by atoms with Crippen LogP contribution in [0.5, 0.6) is 0 Å². The molecule has 0 spiro atoms. The minimum Gasteiger partial charge on any atom is -0.326 e. The second-order valence-electron chi connectivity index (χ2n) is 7.67. The van der Waals surface area contributed by atoms with E-state index in [1.165, 1.54) is 34.7 Å². The molecule has 33 heavy (non-hydrogen) atoms. The lowest BCUT2D eigenvalue weighted by Gasteiger charge is -2.30. The van der Waals surface area contributed by atoms with Crippen molar-refractivity contribution >= 4 is 44.5 Å². The van der Waals surface area contributed by atoms with Gasteiger partial charge < -0.3 is 10.6 Å². The molecule has 1 fully saturated rings. The standard InChI is InChI=1S/C22H23N5O4S2/c1-15(28)23-18-9-11-19(12-10-18)33(30,31)27-13-5-6-16(14-27)21-25-26-22(32-21)20(29)24-17-7-3-2-4-8-17/h2-4,7-12,16H,5-6,13-14H2,1H3,(H,23,28)(H,24,29)/t16-/m0/s1. The molecule has 4 rings (SSSR count). The second kappa shape index (κ2) is 9.77. The average Bonchev–Trinajstić information content (AvgIpc) is 3.30. The van der Waals surface area contributed by atoms with Crippen molar-refractivity contribution in [1.29, 1.82) is 0 Å². The van der Waals surface area contributed by atoms with Gasteiger partial charge in [0.1, 0.15) is 5.01 Å². The first-order chi connectivity index (χ1) is 15.8. The molecule has 0 bridgehead atoms. The molecule has 2 N–H and O–H groups in total. The molecule has 1 atom stereocenters. The average molecular weight is 486 g/mol. The van der Waals surface area contributed by atoms with E-state index >= 15 is 0 Å². The third kappa shape index (κ3) is 5.44. The lowest BCUT2D eigenvalue weighted by Crippen LogP contribution is -2.39. The minimum atomic E-state index is -3.70. The van der Waals surface area contributed by atoms with Gasteiger partial charge >= 0.3 is 0 Å². The number of carbonyl (C=O) groups excluding carboxylic acids is 2. The minimum absolute atomic E-state index is 0.136. The van der Waals surface area contributed by atoms with E-state index in [0.29, 0.717) is 29.3 Å². The molecule has 2 aromatic carbocycles.